The Morgan fingerprint density at radius 1 is 0.971 bits per heavy atom. The Kier molecular flexibility index (Phi) is 8.03. The van der Waals surface area contributed by atoms with Crippen molar-refractivity contribution in [2.24, 2.45) is 0 Å². The van der Waals surface area contributed by atoms with E-state index in [4.69, 9.17) is 0 Å². The quantitative estimate of drug-likeness (QED) is 0.130. The van der Waals surface area contributed by atoms with Gasteiger partial charge in [-0.2, -0.15) is 0 Å². The van der Waals surface area contributed by atoms with Crippen molar-refractivity contribution in [3.63, 3.8) is 0 Å². The molecule has 0 aliphatic rings. The number of para-hydroxylation sites is 1. The summed E-state index contributed by atoms with van der Waals surface area (Å²) in [6, 6.07) is 24.8. The van der Waals surface area contributed by atoms with E-state index in [0.717, 1.165) is 5.20 Å². The van der Waals surface area contributed by atoms with Crippen LogP contribution in [0.25, 0.3) is 6.08 Å². The minimum Gasteiger partial charge on any atom is -0.296 e. The van der Waals surface area contributed by atoms with Crippen molar-refractivity contribution in [3.8, 4) is 0 Å². The van der Waals surface area contributed by atoms with E-state index in [1.54, 1.807) is 24.3 Å². The number of nitro benzene ring substituents is 1. The van der Waals surface area contributed by atoms with E-state index in [9.17, 15) is 14.7 Å². The van der Waals surface area contributed by atoms with Crippen LogP contribution in [0.1, 0.15) is 5.56 Å². The minimum atomic E-state index is -3.27. The zero-order valence-corrected chi connectivity index (χ0v) is 21.5. The monoisotopic (exact) mass is 488 g/mol. The van der Waals surface area contributed by atoms with Crippen LogP contribution in [0.3, 0.4) is 0 Å². The van der Waals surface area contributed by atoms with Gasteiger partial charge in [0.1, 0.15) is 0 Å². The molecule has 0 radical (unpaired) electrons. The van der Waals surface area contributed by atoms with E-state index in [-0.39, 0.29) is 5.69 Å². The van der Waals surface area contributed by atoms with Crippen LogP contribution in [-0.4, -0.2) is 19.0 Å². The normalized spacial score (nSPS) is 12.8. The lowest BCUT2D eigenvalue weighted by molar-refractivity contribution is -0.385. The predicted molar refractivity (Wildman–Crippen MR) is 145 cm³/mol. The Labute approximate surface area is 202 Å². The third kappa shape index (κ3) is 5.80. The van der Waals surface area contributed by atoms with E-state index >= 15 is 0 Å². The molecule has 0 heterocycles. The van der Waals surface area contributed by atoms with Gasteiger partial charge in [-0.05, 0) is 35.5 Å². The van der Waals surface area contributed by atoms with Gasteiger partial charge in [-0.15, -0.1) is 5.73 Å². The van der Waals surface area contributed by atoms with E-state index in [1.807, 2.05) is 66.7 Å². The van der Waals surface area contributed by atoms with Crippen molar-refractivity contribution in [2.45, 2.75) is 25.7 Å². The Morgan fingerprint density at radius 2 is 1.47 bits per heavy atom. The fourth-order valence-corrected chi connectivity index (χ4v) is 7.95. The summed E-state index contributed by atoms with van der Waals surface area (Å²) in [5, 5.41) is 17.2. The molecule has 5 nitrogen and oxygen atoms in total. The van der Waals surface area contributed by atoms with Crippen molar-refractivity contribution >= 4 is 37.7 Å². The van der Waals surface area contributed by atoms with Gasteiger partial charge in [-0.3, -0.25) is 14.7 Å². The molecule has 0 spiro atoms. The third-order valence-corrected chi connectivity index (χ3v) is 10.3. The lowest BCUT2D eigenvalue weighted by Crippen LogP contribution is -2.41. The molecule has 0 bridgehead atoms. The number of hydrogen-bond acceptors (Lipinski definition) is 3. The van der Waals surface area contributed by atoms with Crippen molar-refractivity contribution in [1.82, 2.24) is 5.09 Å². The van der Waals surface area contributed by atoms with Gasteiger partial charge < -0.3 is 0 Å². The number of rotatable bonds is 9. The molecule has 0 aromatic heterocycles. The fraction of sp³-hybridized carbons (Fsp3) is 0.148. The molecule has 7 heteroatoms. The molecular formula is C27H29N2O3PSi. The first-order valence-electron chi connectivity index (χ1n) is 11.0. The van der Waals surface area contributed by atoms with Crippen LogP contribution in [0.5, 0.6) is 0 Å². The molecule has 1 atom stereocenters. The summed E-state index contributed by atoms with van der Waals surface area (Å²) >= 11 is 0. The molecule has 174 valence electrons. The third-order valence-electron chi connectivity index (χ3n) is 5.47. The highest BCUT2D eigenvalue weighted by Crippen LogP contribution is 2.41. The topological polar surface area (TPSA) is 72.2 Å². The van der Waals surface area contributed by atoms with Crippen LogP contribution in [0.4, 0.5) is 5.69 Å². The van der Waals surface area contributed by atoms with Gasteiger partial charge in [0, 0.05) is 16.7 Å². The summed E-state index contributed by atoms with van der Waals surface area (Å²) in [6.45, 7) is 10.4. The molecule has 34 heavy (non-hydrogen) atoms. The number of nitrogens with zero attached hydrogens (tertiary/aromatic N) is 1. The second kappa shape index (κ2) is 10.8. The van der Waals surface area contributed by atoms with Crippen LogP contribution in [0, 0.1) is 10.1 Å². The first-order chi connectivity index (χ1) is 16.2. The number of hydrogen-bond donors (Lipinski definition) is 1. The molecule has 0 aliphatic heterocycles. The predicted octanol–water partition coefficient (Wildman–Crippen LogP) is 6.08. The maximum absolute atomic E-state index is 14.7. The number of nitro groups is 1. The average molecular weight is 489 g/mol. The highest BCUT2D eigenvalue weighted by atomic mass is 31.2. The zero-order valence-electron chi connectivity index (χ0n) is 19.6. The van der Waals surface area contributed by atoms with Gasteiger partial charge in [0.05, 0.1) is 24.6 Å². The summed E-state index contributed by atoms with van der Waals surface area (Å²) in [4.78, 5) is 11.1. The second-order valence-electron chi connectivity index (χ2n) is 8.90. The van der Waals surface area contributed by atoms with Gasteiger partial charge in [0.15, 0.2) is 0 Å². The van der Waals surface area contributed by atoms with Crippen LogP contribution in [0.15, 0.2) is 109 Å². The SMILES string of the molecule is C=C=C([C@@H](/C=C/c1ccccc1[N+](=O)[O-])NP(=O)(c1ccccc1)c1ccccc1)[Si](C)(C)C. The highest BCUT2D eigenvalue weighted by Gasteiger charge is 2.34. The largest absolute Gasteiger partial charge is 0.296 e. The Morgan fingerprint density at radius 3 is 1.94 bits per heavy atom. The summed E-state index contributed by atoms with van der Waals surface area (Å²) in [6.07, 6.45) is 3.56. The van der Waals surface area contributed by atoms with E-state index in [0.29, 0.717) is 16.2 Å². The lowest BCUT2D eigenvalue weighted by atomic mass is 10.1. The van der Waals surface area contributed by atoms with E-state index in [1.165, 1.54) is 6.07 Å². The van der Waals surface area contributed by atoms with Crippen LogP contribution >= 0.6 is 7.29 Å². The molecule has 3 aromatic carbocycles. The van der Waals surface area contributed by atoms with E-state index in [2.05, 4.69) is 37.0 Å². The van der Waals surface area contributed by atoms with Gasteiger partial charge in [-0.25, -0.2) is 5.09 Å². The molecule has 3 rings (SSSR count). The molecule has 0 saturated heterocycles. The fourth-order valence-electron chi connectivity index (χ4n) is 3.81. The maximum atomic E-state index is 14.7. The Balaban J connectivity index is 2.15. The second-order valence-corrected chi connectivity index (χ2v) is 16.5. The van der Waals surface area contributed by atoms with Gasteiger partial charge in [-0.1, -0.05) is 86.9 Å². The summed E-state index contributed by atoms with van der Waals surface area (Å²) in [5.41, 5.74) is 3.60. The maximum Gasteiger partial charge on any atom is 0.276 e. The highest BCUT2D eigenvalue weighted by molar-refractivity contribution is 7.77. The first-order valence-corrected chi connectivity index (χ1v) is 16.2. The van der Waals surface area contributed by atoms with Crippen LogP contribution < -0.4 is 15.7 Å². The molecule has 1 N–H and O–H groups in total. The Bertz CT molecular complexity index is 1230. The van der Waals surface area contributed by atoms with Gasteiger partial charge in [0.2, 0.25) is 7.29 Å². The molecular weight excluding hydrogens is 459 g/mol. The number of benzene rings is 3. The smallest absolute Gasteiger partial charge is 0.276 e. The molecule has 0 fully saturated rings. The standard InChI is InChI=1S/C27H29N2O3PSi/c1-5-27(34(2,3)4)25(21-20-22-14-12-13-19-26(22)29(30)31)28-33(32,23-15-8-6-9-16-23)24-17-10-7-11-18-24/h6-21,25H,1H2,2-4H3,(H,28,32)/b21-20+/t25-/m1/s1. The zero-order chi connectivity index (χ0) is 24.8. The molecule has 0 unspecified atom stereocenters. The summed E-state index contributed by atoms with van der Waals surface area (Å²) in [7, 11) is -5.22. The number of nitrogens with one attached hydrogen (secondary N) is 1. The van der Waals surface area contributed by atoms with Crippen LogP contribution in [-0.2, 0) is 4.57 Å². The molecule has 3 aromatic rings. The molecule has 0 aliphatic carbocycles. The van der Waals surface area contributed by atoms with Gasteiger partial charge >= 0.3 is 0 Å². The van der Waals surface area contributed by atoms with Crippen LogP contribution in [0.2, 0.25) is 19.6 Å². The molecule has 0 saturated carbocycles. The van der Waals surface area contributed by atoms with Crippen molar-refractivity contribution in [3.05, 3.63) is 124 Å². The summed E-state index contributed by atoms with van der Waals surface area (Å²) < 4.78 is 14.7. The molecule has 0 amide bonds. The summed E-state index contributed by atoms with van der Waals surface area (Å²) in [5.74, 6) is 0. The average Bonchev–Trinajstić information content (AvgIpc) is 2.83. The van der Waals surface area contributed by atoms with Crippen molar-refractivity contribution < 1.29 is 9.49 Å². The van der Waals surface area contributed by atoms with Crippen molar-refractivity contribution in [1.29, 1.82) is 0 Å². The lowest BCUT2D eigenvalue weighted by Gasteiger charge is -2.31. The Hall–Kier alpha value is -3.27. The first kappa shape index (κ1) is 25.4. The minimum absolute atomic E-state index is 0.0175. The van der Waals surface area contributed by atoms with Gasteiger partial charge in [0.25, 0.3) is 5.69 Å². The van der Waals surface area contributed by atoms with Crippen molar-refractivity contribution in [2.75, 3.05) is 0 Å². The van der Waals surface area contributed by atoms with E-state index < -0.39 is 26.3 Å².